The van der Waals surface area contributed by atoms with Crippen molar-refractivity contribution in [2.24, 2.45) is 0 Å². The fourth-order valence-electron chi connectivity index (χ4n) is 2.19. The Morgan fingerprint density at radius 2 is 1.79 bits per heavy atom. The number of hydrogen-bond acceptors (Lipinski definition) is 2. The van der Waals surface area contributed by atoms with E-state index in [1.165, 1.54) is 0 Å². The number of ketones is 1. The van der Waals surface area contributed by atoms with Gasteiger partial charge in [0.05, 0.1) is 0 Å². The van der Waals surface area contributed by atoms with Gasteiger partial charge in [-0.25, -0.2) is 0 Å². The van der Waals surface area contributed by atoms with Gasteiger partial charge in [-0.2, -0.15) is 0 Å². The van der Waals surface area contributed by atoms with E-state index in [1.807, 2.05) is 55.5 Å². The Hall–Kier alpha value is -2.48. The molecule has 0 bridgehead atoms. The zero-order chi connectivity index (χ0) is 13.2. The number of pyridine rings is 1. The Kier molecular flexibility index (Phi) is 2.84. The lowest BCUT2D eigenvalue weighted by Crippen LogP contribution is -2.04. The van der Waals surface area contributed by atoms with E-state index < -0.39 is 0 Å². The molecule has 0 aliphatic heterocycles. The van der Waals surface area contributed by atoms with E-state index in [9.17, 15) is 4.79 Å². The highest BCUT2D eigenvalue weighted by molar-refractivity contribution is 6.11. The van der Waals surface area contributed by atoms with Crippen LogP contribution in [0.25, 0.3) is 10.8 Å². The van der Waals surface area contributed by atoms with E-state index in [4.69, 9.17) is 0 Å². The number of aryl methyl sites for hydroxylation is 1. The molecule has 0 aliphatic carbocycles. The number of fused-ring (bicyclic) bond motifs is 1. The lowest BCUT2D eigenvalue weighted by Gasteiger charge is -2.05. The summed E-state index contributed by atoms with van der Waals surface area (Å²) in [6.07, 6.45) is 3.33. The van der Waals surface area contributed by atoms with Gasteiger partial charge in [0.25, 0.3) is 0 Å². The third-order valence-electron chi connectivity index (χ3n) is 3.30. The first kappa shape index (κ1) is 11.6. The van der Waals surface area contributed by atoms with Gasteiger partial charge in [-0.3, -0.25) is 9.78 Å². The van der Waals surface area contributed by atoms with Crippen molar-refractivity contribution in [1.29, 1.82) is 0 Å². The second-order valence-electron chi connectivity index (χ2n) is 4.58. The smallest absolute Gasteiger partial charge is 0.194 e. The van der Waals surface area contributed by atoms with Crippen molar-refractivity contribution in [3.8, 4) is 0 Å². The molecule has 0 aliphatic rings. The van der Waals surface area contributed by atoms with Gasteiger partial charge in [0.1, 0.15) is 0 Å². The molecule has 0 fully saturated rings. The van der Waals surface area contributed by atoms with Crippen LogP contribution in [0.15, 0.2) is 60.9 Å². The molecule has 2 heteroatoms. The summed E-state index contributed by atoms with van der Waals surface area (Å²) in [5.74, 6) is 0.0244. The molecule has 0 unspecified atom stereocenters. The summed E-state index contributed by atoms with van der Waals surface area (Å²) in [5, 5.41) is 2.22. The molecule has 0 atom stereocenters. The molecule has 1 aromatic heterocycles. The van der Waals surface area contributed by atoms with Crippen LogP contribution >= 0.6 is 0 Å². The molecule has 3 aromatic rings. The average Bonchev–Trinajstić information content (AvgIpc) is 2.46. The number of aromatic nitrogens is 1. The monoisotopic (exact) mass is 247 g/mol. The molecule has 19 heavy (non-hydrogen) atoms. The minimum absolute atomic E-state index is 0.0244. The van der Waals surface area contributed by atoms with Crippen molar-refractivity contribution in [3.05, 3.63) is 77.6 Å². The quantitative estimate of drug-likeness (QED) is 0.645. The highest BCUT2D eigenvalue weighted by atomic mass is 16.1. The highest BCUT2D eigenvalue weighted by Gasteiger charge is 2.11. The van der Waals surface area contributed by atoms with Crippen molar-refractivity contribution < 1.29 is 4.79 Å². The van der Waals surface area contributed by atoms with Crippen molar-refractivity contribution in [3.63, 3.8) is 0 Å². The zero-order valence-electron chi connectivity index (χ0n) is 10.6. The van der Waals surface area contributed by atoms with Crippen LogP contribution < -0.4 is 0 Å². The first-order valence-electron chi connectivity index (χ1n) is 6.20. The van der Waals surface area contributed by atoms with E-state index in [2.05, 4.69) is 4.98 Å². The highest BCUT2D eigenvalue weighted by Crippen LogP contribution is 2.19. The lowest BCUT2D eigenvalue weighted by molar-refractivity contribution is 0.103. The van der Waals surface area contributed by atoms with E-state index in [0.717, 1.165) is 16.3 Å². The van der Waals surface area contributed by atoms with Crippen LogP contribution in [0.3, 0.4) is 0 Å². The van der Waals surface area contributed by atoms with Gasteiger partial charge >= 0.3 is 0 Å². The van der Waals surface area contributed by atoms with Crippen LogP contribution in [0.4, 0.5) is 0 Å². The van der Waals surface area contributed by atoms with Gasteiger partial charge in [0.15, 0.2) is 5.78 Å². The Balaban J connectivity index is 2.09. The molecule has 1 heterocycles. The van der Waals surface area contributed by atoms with Gasteiger partial charge in [-0.15, -0.1) is 0 Å². The van der Waals surface area contributed by atoms with Crippen molar-refractivity contribution in [2.75, 3.05) is 0 Å². The minimum atomic E-state index is 0.0244. The second-order valence-corrected chi connectivity index (χ2v) is 4.58. The first-order valence-corrected chi connectivity index (χ1v) is 6.20. The van der Waals surface area contributed by atoms with Crippen molar-refractivity contribution >= 4 is 16.6 Å². The molecule has 3 rings (SSSR count). The molecule has 2 nitrogen and oxygen atoms in total. The van der Waals surface area contributed by atoms with E-state index in [0.29, 0.717) is 11.1 Å². The molecular weight excluding hydrogens is 234 g/mol. The number of rotatable bonds is 2. The molecule has 0 radical (unpaired) electrons. The van der Waals surface area contributed by atoms with E-state index in [1.54, 1.807) is 12.4 Å². The maximum Gasteiger partial charge on any atom is 0.194 e. The van der Waals surface area contributed by atoms with Crippen LogP contribution in [0, 0.1) is 6.92 Å². The first-order chi connectivity index (χ1) is 9.25. The minimum Gasteiger partial charge on any atom is -0.289 e. The maximum absolute atomic E-state index is 12.5. The normalized spacial score (nSPS) is 10.6. The van der Waals surface area contributed by atoms with E-state index in [-0.39, 0.29) is 5.78 Å². The van der Waals surface area contributed by atoms with Crippen LogP contribution in [0.1, 0.15) is 21.5 Å². The summed E-state index contributed by atoms with van der Waals surface area (Å²) in [6.45, 7) is 1.93. The van der Waals surface area contributed by atoms with Crippen LogP contribution in [-0.2, 0) is 0 Å². The third-order valence-corrected chi connectivity index (χ3v) is 3.30. The molecule has 0 spiro atoms. The van der Waals surface area contributed by atoms with Crippen LogP contribution in [0.2, 0.25) is 0 Å². The third kappa shape index (κ3) is 2.13. The van der Waals surface area contributed by atoms with Gasteiger partial charge in [0.2, 0.25) is 0 Å². The molecular formula is C17H13NO. The largest absolute Gasteiger partial charge is 0.289 e. The topological polar surface area (TPSA) is 30.0 Å². The van der Waals surface area contributed by atoms with Crippen molar-refractivity contribution in [1.82, 2.24) is 4.98 Å². The maximum atomic E-state index is 12.5. The number of benzene rings is 2. The second kappa shape index (κ2) is 4.65. The summed E-state index contributed by atoms with van der Waals surface area (Å²) < 4.78 is 0. The van der Waals surface area contributed by atoms with Crippen molar-refractivity contribution in [2.45, 2.75) is 6.92 Å². The Labute approximate surface area is 111 Å². The zero-order valence-corrected chi connectivity index (χ0v) is 10.6. The Bertz CT molecular complexity index is 762. The average molecular weight is 247 g/mol. The predicted molar refractivity (Wildman–Crippen MR) is 76.4 cm³/mol. The fourth-order valence-corrected chi connectivity index (χ4v) is 2.19. The number of carbonyl (C=O) groups is 1. The Morgan fingerprint density at radius 3 is 2.58 bits per heavy atom. The van der Waals surface area contributed by atoms with Crippen LogP contribution in [-0.4, -0.2) is 10.8 Å². The number of hydrogen-bond donors (Lipinski definition) is 0. The standard InChI is InChI=1S/C17H13NO/c1-12-8-9-18-11-16(12)17(19)15-7-6-13-4-2-3-5-14(13)10-15/h2-11H,1H3. The predicted octanol–water partition coefficient (Wildman–Crippen LogP) is 3.77. The molecule has 0 saturated carbocycles. The van der Waals surface area contributed by atoms with Gasteiger partial charge in [-0.05, 0) is 35.4 Å². The number of carbonyl (C=O) groups excluding carboxylic acids is 1. The molecule has 0 amide bonds. The lowest BCUT2D eigenvalue weighted by atomic mass is 9.99. The van der Waals surface area contributed by atoms with Crippen LogP contribution in [0.5, 0.6) is 0 Å². The Morgan fingerprint density at radius 1 is 1.00 bits per heavy atom. The van der Waals surface area contributed by atoms with Gasteiger partial charge < -0.3 is 0 Å². The molecule has 92 valence electrons. The van der Waals surface area contributed by atoms with Gasteiger partial charge in [0, 0.05) is 23.5 Å². The van der Waals surface area contributed by atoms with Gasteiger partial charge in [-0.1, -0.05) is 36.4 Å². The summed E-state index contributed by atoms with van der Waals surface area (Å²) >= 11 is 0. The fraction of sp³-hybridized carbons (Fsp3) is 0.0588. The summed E-state index contributed by atoms with van der Waals surface area (Å²) in [6, 6.07) is 15.7. The molecule has 2 aromatic carbocycles. The molecule has 0 saturated heterocycles. The summed E-state index contributed by atoms with van der Waals surface area (Å²) in [4.78, 5) is 16.5. The summed E-state index contributed by atoms with van der Waals surface area (Å²) in [7, 11) is 0. The SMILES string of the molecule is Cc1ccncc1C(=O)c1ccc2ccccc2c1. The van der Waals surface area contributed by atoms with E-state index >= 15 is 0 Å². The summed E-state index contributed by atoms with van der Waals surface area (Å²) in [5.41, 5.74) is 2.32. The number of nitrogens with zero attached hydrogens (tertiary/aromatic N) is 1. The molecule has 0 N–H and O–H groups in total.